The molecule has 1 rings (SSSR count). The first kappa shape index (κ1) is 49.7. The van der Waals surface area contributed by atoms with Gasteiger partial charge in [0.2, 0.25) is 41.2 Å². The standard InChI is InChI=1S/C38H61N7O12/c1-8-11-24(32(51)37(56)39-19-9-2)41-35(54)28-12-10-20-45(28)38(57)27(14-13-21(3)4)43-36(55)31(22(5)6)44-34(53)26(16-18-30(49)50)42-33(52)25(40-23(7)46)15-17-29(47)48/h9,21-22,24-28,31H,2,8,10-20H2,1,3-7H3,(H,39,56)(H,40,46)(H,41,54)(H,42,52)(H,43,55)(H,44,53)(H,47,48)(H,49,50). The summed E-state index contributed by atoms with van der Waals surface area (Å²) in [6.07, 6.45) is 1.67. The number of carbonyl (C=O) groups is 10. The van der Waals surface area contributed by atoms with Crippen molar-refractivity contribution in [3.8, 4) is 0 Å². The Morgan fingerprint density at radius 2 is 1.28 bits per heavy atom. The minimum Gasteiger partial charge on any atom is -0.481 e. The molecule has 0 aromatic rings. The van der Waals surface area contributed by atoms with Crippen molar-refractivity contribution in [2.45, 2.75) is 142 Å². The fourth-order valence-corrected chi connectivity index (χ4v) is 6.14. The van der Waals surface area contributed by atoms with Gasteiger partial charge in [0.05, 0.1) is 6.04 Å². The molecule has 19 heteroatoms. The van der Waals surface area contributed by atoms with Crippen molar-refractivity contribution in [1.82, 2.24) is 36.8 Å². The van der Waals surface area contributed by atoms with Gasteiger partial charge in [-0.05, 0) is 56.8 Å². The second-order valence-corrected chi connectivity index (χ2v) is 14.8. The minimum atomic E-state index is -1.51. The Morgan fingerprint density at radius 1 is 0.719 bits per heavy atom. The average molecular weight is 808 g/mol. The Balaban J connectivity index is 3.31. The van der Waals surface area contributed by atoms with Crippen LogP contribution in [-0.4, -0.2) is 124 Å². The molecule has 1 saturated heterocycles. The molecule has 0 spiro atoms. The number of likely N-dealkylation sites (tertiary alicyclic amines) is 1. The Bertz CT molecular complexity index is 1480. The first-order valence-electron chi connectivity index (χ1n) is 19.4. The van der Waals surface area contributed by atoms with Gasteiger partial charge >= 0.3 is 11.9 Å². The highest BCUT2D eigenvalue weighted by atomic mass is 16.4. The van der Waals surface area contributed by atoms with E-state index in [1.165, 1.54) is 11.0 Å². The molecule has 7 amide bonds. The first-order chi connectivity index (χ1) is 26.7. The fourth-order valence-electron chi connectivity index (χ4n) is 6.14. The van der Waals surface area contributed by atoms with Crippen LogP contribution in [0.15, 0.2) is 12.7 Å². The lowest BCUT2D eigenvalue weighted by Gasteiger charge is -2.32. The third-order valence-corrected chi connectivity index (χ3v) is 9.19. The van der Waals surface area contributed by atoms with E-state index in [1.807, 2.05) is 13.8 Å². The topological polar surface area (TPSA) is 287 Å². The third-order valence-electron chi connectivity index (χ3n) is 9.19. The van der Waals surface area contributed by atoms with Crippen LogP contribution in [0.3, 0.4) is 0 Å². The lowest BCUT2D eigenvalue weighted by Crippen LogP contribution is -2.60. The number of aliphatic carboxylic acids is 2. The van der Waals surface area contributed by atoms with Gasteiger partial charge in [-0.25, -0.2) is 0 Å². The van der Waals surface area contributed by atoms with Gasteiger partial charge in [-0.15, -0.1) is 6.58 Å². The molecule has 0 saturated carbocycles. The van der Waals surface area contributed by atoms with Crippen molar-refractivity contribution in [3.63, 3.8) is 0 Å². The summed E-state index contributed by atoms with van der Waals surface area (Å²) in [5.74, 6) is -9.18. The molecule has 1 heterocycles. The maximum absolute atomic E-state index is 14.1. The predicted molar refractivity (Wildman–Crippen MR) is 206 cm³/mol. The van der Waals surface area contributed by atoms with Gasteiger partial charge in [-0.3, -0.25) is 47.9 Å². The first-order valence-corrected chi connectivity index (χ1v) is 19.4. The van der Waals surface area contributed by atoms with E-state index in [9.17, 15) is 53.1 Å². The van der Waals surface area contributed by atoms with Crippen LogP contribution >= 0.6 is 0 Å². The van der Waals surface area contributed by atoms with Crippen LogP contribution in [0.1, 0.15) is 106 Å². The molecule has 1 aliphatic heterocycles. The number of nitrogens with zero attached hydrogens (tertiary/aromatic N) is 1. The molecular formula is C38H61N7O12. The molecule has 0 radical (unpaired) electrons. The normalized spacial score (nSPS) is 16.3. The highest BCUT2D eigenvalue weighted by molar-refractivity contribution is 6.38. The highest BCUT2D eigenvalue weighted by Gasteiger charge is 2.40. The van der Waals surface area contributed by atoms with E-state index in [0.29, 0.717) is 19.3 Å². The number of carbonyl (C=O) groups excluding carboxylic acids is 8. The van der Waals surface area contributed by atoms with Crippen molar-refractivity contribution in [2.24, 2.45) is 11.8 Å². The quantitative estimate of drug-likeness (QED) is 0.0421. The summed E-state index contributed by atoms with van der Waals surface area (Å²) in [6.45, 7) is 13.7. The number of Topliss-reactive ketones (excluding diaryl/α,β-unsaturated/α-hetero) is 1. The predicted octanol–water partition coefficient (Wildman–Crippen LogP) is -0.0855. The van der Waals surface area contributed by atoms with Crippen LogP contribution in [0.4, 0.5) is 0 Å². The second-order valence-electron chi connectivity index (χ2n) is 14.8. The number of ketones is 1. The summed E-state index contributed by atoms with van der Waals surface area (Å²) >= 11 is 0. The van der Waals surface area contributed by atoms with Crippen LogP contribution in [0.5, 0.6) is 0 Å². The number of hydrogen-bond acceptors (Lipinski definition) is 10. The number of amides is 7. The number of carboxylic acid groups (broad SMARTS) is 2. The van der Waals surface area contributed by atoms with Gasteiger partial charge in [-0.1, -0.05) is 47.1 Å². The monoisotopic (exact) mass is 807 g/mol. The molecule has 6 atom stereocenters. The van der Waals surface area contributed by atoms with Gasteiger partial charge in [0, 0.05) is 32.9 Å². The number of hydrogen-bond donors (Lipinski definition) is 8. The van der Waals surface area contributed by atoms with E-state index >= 15 is 0 Å². The average Bonchev–Trinajstić information content (AvgIpc) is 3.63. The highest BCUT2D eigenvalue weighted by Crippen LogP contribution is 2.21. The van der Waals surface area contributed by atoms with Crippen molar-refractivity contribution in [1.29, 1.82) is 0 Å². The van der Waals surface area contributed by atoms with E-state index in [0.717, 1.165) is 6.92 Å². The van der Waals surface area contributed by atoms with Crippen molar-refractivity contribution in [3.05, 3.63) is 12.7 Å². The molecule has 0 aromatic heterocycles. The molecule has 0 aromatic carbocycles. The van der Waals surface area contributed by atoms with E-state index in [1.54, 1.807) is 20.8 Å². The third kappa shape index (κ3) is 17.5. The van der Waals surface area contributed by atoms with Crippen molar-refractivity contribution >= 4 is 59.1 Å². The van der Waals surface area contributed by atoms with E-state index in [2.05, 4.69) is 38.5 Å². The zero-order chi connectivity index (χ0) is 43.4. The Morgan fingerprint density at radius 3 is 1.79 bits per heavy atom. The molecule has 8 N–H and O–H groups in total. The fraction of sp³-hybridized carbons (Fsp3) is 0.684. The molecule has 6 unspecified atom stereocenters. The second kappa shape index (κ2) is 25.0. The van der Waals surface area contributed by atoms with Crippen LogP contribution in [0, 0.1) is 11.8 Å². The van der Waals surface area contributed by atoms with Gasteiger partial charge in [0.15, 0.2) is 0 Å². The Hall–Kier alpha value is -5.36. The molecule has 1 aliphatic rings. The Kier molecular flexibility index (Phi) is 21.8. The van der Waals surface area contributed by atoms with Gasteiger partial charge < -0.3 is 47.0 Å². The summed E-state index contributed by atoms with van der Waals surface area (Å²) in [6, 6.07) is -7.41. The largest absolute Gasteiger partial charge is 0.481 e. The molecule has 57 heavy (non-hydrogen) atoms. The summed E-state index contributed by atoms with van der Waals surface area (Å²) in [5.41, 5.74) is 0. The van der Waals surface area contributed by atoms with E-state index in [4.69, 9.17) is 5.11 Å². The lowest BCUT2D eigenvalue weighted by molar-refractivity contribution is -0.144. The van der Waals surface area contributed by atoms with Crippen LogP contribution in [0.25, 0.3) is 0 Å². The number of nitrogens with one attached hydrogen (secondary N) is 6. The molecule has 320 valence electrons. The van der Waals surface area contributed by atoms with Crippen molar-refractivity contribution in [2.75, 3.05) is 13.1 Å². The number of carboxylic acids is 2. The maximum atomic E-state index is 14.1. The number of rotatable bonds is 26. The zero-order valence-electron chi connectivity index (χ0n) is 33.8. The summed E-state index contributed by atoms with van der Waals surface area (Å²) in [7, 11) is 0. The van der Waals surface area contributed by atoms with Crippen LogP contribution < -0.4 is 31.9 Å². The SMILES string of the molecule is C=CCNC(=O)C(=O)C(CCC)NC(=O)C1CCCN1C(=O)C(CCC(C)C)NC(=O)C(NC(=O)C(CCC(=O)O)NC(=O)C(CCC(=O)O)NC(C)=O)C(C)C. The lowest BCUT2D eigenvalue weighted by atomic mass is 9.99. The molecule has 0 bridgehead atoms. The maximum Gasteiger partial charge on any atom is 0.303 e. The molecular weight excluding hydrogens is 746 g/mol. The van der Waals surface area contributed by atoms with E-state index < -0.39 is 121 Å². The minimum absolute atomic E-state index is 0.0610. The summed E-state index contributed by atoms with van der Waals surface area (Å²) in [4.78, 5) is 129. The summed E-state index contributed by atoms with van der Waals surface area (Å²) < 4.78 is 0. The van der Waals surface area contributed by atoms with Gasteiger partial charge in [0.25, 0.3) is 5.91 Å². The van der Waals surface area contributed by atoms with Gasteiger partial charge in [-0.2, -0.15) is 0 Å². The molecule has 19 nitrogen and oxygen atoms in total. The smallest absolute Gasteiger partial charge is 0.303 e. The molecule has 0 aliphatic carbocycles. The summed E-state index contributed by atoms with van der Waals surface area (Å²) in [5, 5.41) is 33.4. The van der Waals surface area contributed by atoms with Crippen molar-refractivity contribution < 1.29 is 58.2 Å². The van der Waals surface area contributed by atoms with Crippen LogP contribution in [-0.2, 0) is 47.9 Å². The van der Waals surface area contributed by atoms with Gasteiger partial charge in [0.1, 0.15) is 30.2 Å². The van der Waals surface area contributed by atoms with Crippen LogP contribution in [0.2, 0.25) is 0 Å². The van der Waals surface area contributed by atoms with E-state index in [-0.39, 0.29) is 44.7 Å². The molecule has 1 fully saturated rings. The Labute approximate surface area is 333 Å². The zero-order valence-corrected chi connectivity index (χ0v) is 33.8.